The highest BCUT2D eigenvalue weighted by atomic mass is 32.2. The third-order valence-corrected chi connectivity index (χ3v) is 7.00. The Morgan fingerprint density at radius 3 is 2.19 bits per heavy atom. The number of aryl methyl sites for hydroxylation is 1. The Labute approximate surface area is 205 Å². The van der Waals surface area contributed by atoms with Crippen LogP contribution in [0, 0.1) is 6.92 Å². The van der Waals surface area contributed by atoms with Gasteiger partial charge < -0.3 is 9.73 Å². The number of rotatable bonds is 7. The number of carbonyl (C=O) groups excluding carboxylic acids is 1. The molecule has 4 aromatic rings. The van der Waals surface area contributed by atoms with Gasteiger partial charge in [-0.25, -0.2) is 13.4 Å². The van der Waals surface area contributed by atoms with Gasteiger partial charge in [-0.3, -0.25) is 4.79 Å². The van der Waals surface area contributed by atoms with Crippen LogP contribution in [0.5, 0.6) is 0 Å². The highest BCUT2D eigenvalue weighted by molar-refractivity contribution is 7.90. The summed E-state index contributed by atoms with van der Waals surface area (Å²) in [5.41, 5.74) is 1.45. The molecular formula is C26H21F3N2O4S. The molecule has 1 aromatic heterocycles. The van der Waals surface area contributed by atoms with Crippen LogP contribution in [0.4, 0.5) is 13.2 Å². The Hall–Kier alpha value is -3.92. The molecule has 0 aliphatic carbocycles. The Balaban J connectivity index is 1.56. The van der Waals surface area contributed by atoms with Gasteiger partial charge in [0.2, 0.25) is 11.7 Å². The quantitative estimate of drug-likeness (QED) is 0.348. The molecule has 4 rings (SSSR count). The van der Waals surface area contributed by atoms with Crippen LogP contribution in [0.3, 0.4) is 0 Å². The standard InChI is InChI=1S/C26H21F3N2O4S/c1-17-7-13-21(14-8-17)36(33,34)16-22-23(26(27,28)29)35-25(31-22)20-11-9-19(10-12-20)24(32)30-15-18-5-3-2-4-6-18/h2-14H,15-16H2,1H3,(H,30,32). The van der Waals surface area contributed by atoms with E-state index in [1.165, 1.54) is 36.4 Å². The Bertz CT molecular complexity index is 1460. The van der Waals surface area contributed by atoms with Crippen LogP contribution in [0.25, 0.3) is 11.5 Å². The van der Waals surface area contributed by atoms with Crippen molar-refractivity contribution in [1.82, 2.24) is 10.3 Å². The van der Waals surface area contributed by atoms with Crippen molar-refractivity contribution in [2.45, 2.75) is 30.3 Å². The van der Waals surface area contributed by atoms with Crippen molar-refractivity contribution < 1.29 is 30.8 Å². The summed E-state index contributed by atoms with van der Waals surface area (Å²) in [7, 11) is -4.10. The molecule has 0 saturated heterocycles. The van der Waals surface area contributed by atoms with E-state index in [1.54, 1.807) is 19.1 Å². The fourth-order valence-corrected chi connectivity index (χ4v) is 4.72. The number of hydrogen-bond acceptors (Lipinski definition) is 5. The van der Waals surface area contributed by atoms with Gasteiger partial charge in [-0.15, -0.1) is 0 Å². The van der Waals surface area contributed by atoms with Gasteiger partial charge in [0.15, 0.2) is 9.84 Å². The number of sulfone groups is 1. The van der Waals surface area contributed by atoms with Crippen molar-refractivity contribution in [2.24, 2.45) is 0 Å². The van der Waals surface area contributed by atoms with E-state index >= 15 is 0 Å². The van der Waals surface area contributed by atoms with Crippen LogP contribution in [0.15, 0.2) is 88.2 Å². The molecular weight excluding hydrogens is 493 g/mol. The van der Waals surface area contributed by atoms with E-state index in [-0.39, 0.29) is 16.4 Å². The summed E-state index contributed by atoms with van der Waals surface area (Å²) in [5, 5.41) is 2.76. The van der Waals surface area contributed by atoms with Gasteiger partial charge in [0.1, 0.15) is 11.4 Å². The van der Waals surface area contributed by atoms with Crippen molar-refractivity contribution >= 4 is 15.7 Å². The van der Waals surface area contributed by atoms with E-state index < -0.39 is 39.1 Å². The van der Waals surface area contributed by atoms with Crippen molar-refractivity contribution in [3.8, 4) is 11.5 Å². The number of nitrogens with zero attached hydrogens (tertiary/aromatic N) is 1. The summed E-state index contributed by atoms with van der Waals surface area (Å²) in [6.45, 7) is 2.08. The predicted octanol–water partition coefficient (Wildman–Crippen LogP) is 5.57. The van der Waals surface area contributed by atoms with Gasteiger partial charge in [-0.2, -0.15) is 13.2 Å². The fraction of sp³-hybridized carbons (Fsp3) is 0.154. The number of aromatic nitrogens is 1. The number of nitrogens with one attached hydrogen (secondary N) is 1. The van der Waals surface area contributed by atoms with Crippen molar-refractivity contribution in [1.29, 1.82) is 0 Å². The van der Waals surface area contributed by atoms with Crippen LogP contribution in [-0.4, -0.2) is 19.3 Å². The van der Waals surface area contributed by atoms with E-state index in [0.29, 0.717) is 12.1 Å². The molecule has 0 atom stereocenters. The lowest BCUT2D eigenvalue weighted by Crippen LogP contribution is -2.22. The number of amides is 1. The zero-order valence-electron chi connectivity index (χ0n) is 19.0. The first-order valence-electron chi connectivity index (χ1n) is 10.8. The lowest BCUT2D eigenvalue weighted by atomic mass is 10.1. The van der Waals surface area contributed by atoms with Gasteiger partial charge in [0, 0.05) is 17.7 Å². The Morgan fingerprint density at radius 2 is 1.58 bits per heavy atom. The molecule has 10 heteroatoms. The minimum atomic E-state index is -4.94. The van der Waals surface area contributed by atoms with Crippen molar-refractivity contribution in [3.05, 3.63) is 107 Å². The maximum Gasteiger partial charge on any atom is 0.451 e. The molecule has 1 N–H and O–H groups in total. The van der Waals surface area contributed by atoms with E-state index in [0.717, 1.165) is 11.1 Å². The van der Waals surface area contributed by atoms with E-state index in [9.17, 15) is 26.4 Å². The molecule has 0 saturated carbocycles. The average molecular weight is 515 g/mol. The zero-order chi connectivity index (χ0) is 25.9. The van der Waals surface area contributed by atoms with Gasteiger partial charge >= 0.3 is 6.18 Å². The van der Waals surface area contributed by atoms with Crippen LogP contribution >= 0.6 is 0 Å². The summed E-state index contributed by atoms with van der Waals surface area (Å²) < 4.78 is 71.3. The third kappa shape index (κ3) is 5.83. The number of benzene rings is 3. The van der Waals surface area contributed by atoms with Crippen molar-refractivity contribution in [2.75, 3.05) is 0 Å². The SMILES string of the molecule is Cc1ccc(S(=O)(=O)Cc2nc(-c3ccc(C(=O)NCc4ccccc4)cc3)oc2C(F)(F)F)cc1. The minimum absolute atomic E-state index is 0.114. The molecule has 1 amide bonds. The normalized spacial score (nSPS) is 11.9. The van der Waals surface area contributed by atoms with Gasteiger partial charge in [0.25, 0.3) is 5.91 Å². The second-order valence-corrected chi connectivity index (χ2v) is 10.1. The van der Waals surface area contributed by atoms with E-state index in [2.05, 4.69) is 10.3 Å². The summed E-state index contributed by atoms with van der Waals surface area (Å²) in [5.74, 6) is -3.21. The molecule has 0 spiro atoms. The van der Waals surface area contributed by atoms with Gasteiger partial charge in [-0.1, -0.05) is 48.0 Å². The molecule has 0 aliphatic rings. The summed E-state index contributed by atoms with van der Waals surface area (Å²) in [6, 6.07) is 20.7. The molecule has 0 radical (unpaired) electrons. The first-order chi connectivity index (χ1) is 17.0. The van der Waals surface area contributed by atoms with Gasteiger partial charge in [0.05, 0.1) is 4.90 Å². The summed E-state index contributed by atoms with van der Waals surface area (Å²) >= 11 is 0. The lowest BCUT2D eigenvalue weighted by molar-refractivity contribution is -0.153. The fourth-order valence-electron chi connectivity index (χ4n) is 3.45. The van der Waals surface area contributed by atoms with Crippen LogP contribution in [-0.2, 0) is 28.3 Å². The monoisotopic (exact) mass is 514 g/mol. The molecule has 3 aromatic carbocycles. The van der Waals surface area contributed by atoms with Crippen LogP contribution in [0.2, 0.25) is 0 Å². The van der Waals surface area contributed by atoms with Gasteiger partial charge in [-0.05, 0) is 48.9 Å². The molecule has 0 fully saturated rings. The van der Waals surface area contributed by atoms with Crippen LogP contribution < -0.4 is 5.32 Å². The first-order valence-corrected chi connectivity index (χ1v) is 12.5. The molecule has 36 heavy (non-hydrogen) atoms. The molecule has 1 heterocycles. The number of hydrogen-bond donors (Lipinski definition) is 1. The predicted molar refractivity (Wildman–Crippen MR) is 127 cm³/mol. The molecule has 0 unspecified atom stereocenters. The smallest absolute Gasteiger partial charge is 0.431 e. The highest BCUT2D eigenvalue weighted by Crippen LogP contribution is 2.36. The second kappa shape index (κ2) is 9.98. The Kier molecular flexibility index (Phi) is 6.98. The zero-order valence-corrected chi connectivity index (χ0v) is 19.9. The van der Waals surface area contributed by atoms with E-state index in [4.69, 9.17) is 4.42 Å². The third-order valence-electron chi connectivity index (χ3n) is 5.35. The first kappa shape index (κ1) is 25.2. The molecule has 186 valence electrons. The van der Waals surface area contributed by atoms with Crippen molar-refractivity contribution in [3.63, 3.8) is 0 Å². The van der Waals surface area contributed by atoms with E-state index in [1.807, 2.05) is 30.3 Å². The number of oxazole rings is 1. The topological polar surface area (TPSA) is 89.3 Å². The molecule has 6 nitrogen and oxygen atoms in total. The Morgan fingerprint density at radius 1 is 0.944 bits per heavy atom. The van der Waals surface area contributed by atoms with Crippen LogP contribution in [0.1, 0.15) is 32.9 Å². The summed E-state index contributed by atoms with van der Waals surface area (Å²) in [6.07, 6.45) is -4.94. The summed E-state index contributed by atoms with van der Waals surface area (Å²) in [4.78, 5) is 16.1. The number of alkyl halides is 3. The average Bonchev–Trinajstić information content (AvgIpc) is 3.27. The highest BCUT2D eigenvalue weighted by Gasteiger charge is 2.41. The lowest BCUT2D eigenvalue weighted by Gasteiger charge is -2.06. The largest absolute Gasteiger partial charge is 0.451 e. The number of halogens is 3. The minimum Gasteiger partial charge on any atom is -0.431 e. The second-order valence-electron chi connectivity index (χ2n) is 8.11. The molecule has 0 bridgehead atoms. The maximum absolute atomic E-state index is 13.6. The number of carbonyl (C=O) groups is 1. The molecule has 0 aliphatic heterocycles. The maximum atomic E-state index is 13.6.